The molecule has 1 unspecified atom stereocenters. The van der Waals surface area contributed by atoms with E-state index in [4.69, 9.17) is 11.5 Å². The van der Waals surface area contributed by atoms with Gasteiger partial charge in [0.15, 0.2) is 0 Å². The van der Waals surface area contributed by atoms with Gasteiger partial charge in [-0.1, -0.05) is 38.0 Å². The minimum atomic E-state index is -0.0823. The van der Waals surface area contributed by atoms with Crippen molar-refractivity contribution in [1.29, 1.82) is 0 Å². The number of nitrogens with two attached hydrogens (primary N) is 2. The molecule has 20 heavy (non-hydrogen) atoms. The lowest BCUT2D eigenvalue weighted by Gasteiger charge is -2.28. The molecule has 0 saturated heterocycles. The minimum absolute atomic E-state index is 0.0823. The summed E-state index contributed by atoms with van der Waals surface area (Å²) in [5, 5.41) is 0. The maximum atomic E-state index is 6.50. The van der Waals surface area contributed by atoms with Crippen LogP contribution in [0.15, 0.2) is 40.9 Å². The quantitative estimate of drug-likeness (QED) is 0.798. The molecule has 110 valence electrons. The van der Waals surface area contributed by atoms with Gasteiger partial charge in [-0.2, -0.15) is 0 Å². The van der Waals surface area contributed by atoms with Crippen LogP contribution in [-0.4, -0.2) is 6.26 Å². The van der Waals surface area contributed by atoms with E-state index in [1.165, 1.54) is 41.7 Å². The first-order valence-electron chi connectivity index (χ1n) is 7.39. The number of benzene rings is 1. The van der Waals surface area contributed by atoms with Gasteiger partial charge in [0.1, 0.15) is 0 Å². The van der Waals surface area contributed by atoms with E-state index in [1.54, 1.807) is 18.0 Å². The first kappa shape index (κ1) is 15.5. The highest BCUT2D eigenvalue weighted by atomic mass is 32.2. The minimum Gasteiger partial charge on any atom is -0.405 e. The van der Waals surface area contributed by atoms with Crippen LogP contribution >= 0.6 is 11.8 Å². The molecule has 1 saturated carbocycles. The van der Waals surface area contributed by atoms with Crippen LogP contribution in [0.3, 0.4) is 0 Å². The van der Waals surface area contributed by atoms with Gasteiger partial charge in [-0.05, 0) is 54.3 Å². The molecule has 0 aromatic heterocycles. The zero-order valence-electron chi connectivity index (χ0n) is 12.6. The summed E-state index contributed by atoms with van der Waals surface area (Å²) in [5.41, 5.74) is 15.1. The molecule has 1 aromatic carbocycles. The second-order valence-electron chi connectivity index (χ2n) is 6.16. The summed E-state index contributed by atoms with van der Waals surface area (Å²) in [6, 6.07) is 8.29. The first-order chi connectivity index (χ1) is 9.59. The fourth-order valence-corrected chi connectivity index (χ4v) is 3.94. The fraction of sp³-hybridized carbons (Fsp3) is 0.529. The lowest BCUT2D eigenvalue weighted by Crippen LogP contribution is -2.21. The van der Waals surface area contributed by atoms with Crippen molar-refractivity contribution in [2.24, 2.45) is 16.9 Å². The lowest BCUT2D eigenvalue weighted by atomic mass is 9.79. The zero-order valence-corrected chi connectivity index (χ0v) is 13.4. The topological polar surface area (TPSA) is 52.0 Å². The molecule has 2 nitrogen and oxygen atoms in total. The molecular weight excluding hydrogens is 264 g/mol. The van der Waals surface area contributed by atoms with Crippen molar-refractivity contribution >= 4 is 11.8 Å². The van der Waals surface area contributed by atoms with Crippen LogP contribution in [0.2, 0.25) is 0 Å². The van der Waals surface area contributed by atoms with Gasteiger partial charge < -0.3 is 11.5 Å². The van der Waals surface area contributed by atoms with Gasteiger partial charge >= 0.3 is 0 Å². The van der Waals surface area contributed by atoms with Crippen molar-refractivity contribution in [2.45, 2.75) is 50.0 Å². The largest absolute Gasteiger partial charge is 0.405 e. The zero-order chi connectivity index (χ0) is 14.6. The predicted molar refractivity (Wildman–Crippen MR) is 88.6 cm³/mol. The highest BCUT2D eigenvalue weighted by Crippen LogP contribution is 2.44. The van der Waals surface area contributed by atoms with E-state index < -0.39 is 0 Å². The third-order valence-electron chi connectivity index (χ3n) is 4.53. The van der Waals surface area contributed by atoms with Crippen molar-refractivity contribution in [3.8, 4) is 0 Å². The Kier molecular flexibility index (Phi) is 5.17. The predicted octanol–water partition coefficient (Wildman–Crippen LogP) is 4.22. The summed E-state index contributed by atoms with van der Waals surface area (Å²) in [5.74, 6) is 0. The average Bonchev–Trinajstić information content (AvgIpc) is 2.91. The van der Waals surface area contributed by atoms with Crippen molar-refractivity contribution in [2.75, 3.05) is 6.26 Å². The van der Waals surface area contributed by atoms with E-state index in [1.807, 2.05) is 0 Å². The third-order valence-corrected chi connectivity index (χ3v) is 5.34. The molecule has 1 atom stereocenters. The molecule has 0 spiro atoms. The summed E-state index contributed by atoms with van der Waals surface area (Å²) in [4.78, 5) is 1.25. The van der Waals surface area contributed by atoms with Crippen LogP contribution in [0.4, 0.5) is 0 Å². The SMILES string of the molecule is CSc1ccccc1C(N)/C(=C\N)CC1(C)CCCC1. The summed E-state index contributed by atoms with van der Waals surface area (Å²) in [6.07, 6.45) is 10.1. The van der Waals surface area contributed by atoms with Crippen molar-refractivity contribution < 1.29 is 0 Å². The Morgan fingerprint density at radius 2 is 2.00 bits per heavy atom. The second kappa shape index (κ2) is 6.68. The van der Waals surface area contributed by atoms with E-state index in [-0.39, 0.29) is 6.04 Å². The number of thioether (sulfide) groups is 1. The molecule has 1 aliphatic carbocycles. The molecule has 2 rings (SSSR count). The normalized spacial score (nSPS) is 20.1. The second-order valence-corrected chi connectivity index (χ2v) is 7.00. The number of hydrogen-bond acceptors (Lipinski definition) is 3. The average molecular weight is 290 g/mol. The maximum absolute atomic E-state index is 6.50. The number of rotatable bonds is 5. The molecule has 1 fully saturated rings. The van der Waals surface area contributed by atoms with Crippen molar-refractivity contribution in [3.05, 3.63) is 41.6 Å². The highest BCUT2D eigenvalue weighted by Gasteiger charge is 2.31. The Labute approximate surface area is 127 Å². The Bertz CT molecular complexity index is 476. The molecule has 4 N–H and O–H groups in total. The molecule has 1 aliphatic rings. The molecule has 3 heteroatoms. The van der Waals surface area contributed by atoms with Crippen molar-refractivity contribution in [1.82, 2.24) is 0 Å². The Balaban J connectivity index is 2.19. The van der Waals surface area contributed by atoms with Gasteiger partial charge in [0.25, 0.3) is 0 Å². The van der Waals surface area contributed by atoms with E-state index in [9.17, 15) is 0 Å². The van der Waals surface area contributed by atoms with E-state index >= 15 is 0 Å². The Morgan fingerprint density at radius 3 is 2.60 bits per heavy atom. The van der Waals surface area contributed by atoms with E-state index in [2.05, 4.69) is 37.4 Å². The molecule has 0 heterocycles. The summed E-state index contributed by atoms with van der Waals surface area (Å²) >= 11 is 1.75. The molecule has 1 aromatic rings. The number of hydrogen-bond donors (Lipinski definition) is 2. The van der Waals surface area contributed by atoms with Gasteiger partial charge in [-0.3, -0.25) is 0 Å². The van der Waals surface area contributed by atoms with Crippen LogP contribution < -0.4 is 11.5 Å². The monoisotopic (exact) mass is 290 g/mol. The summed E-state index contributed by atoms with van der Waals surface area (Å²) in [7, 11) is 0. The highest BCUT2D eigenvalue weighted by molar-refractivity contribution is 7.98. The van der Waals surface area contributed by atoms with Gasteiger partial charge in [-0.25, -0.2) is 0 Å². The van der Waals surface area contributed by atoms with Gasteiger partial charge in [-0.15, -0.1) is 11.8 Å². The van der Waals surface area contributed by atoms with Crippen LogP contribution in [0, 0.1) is 5.41 Å². The maximum Gasteiger partial charge on any atom is 0.0539 e. The van der Waals surface area contributed by atoms with E-state index in [0.29, 0.717) is 5.41 Å². The first-order valence-corrected chi connectivity index (χ1v) is 8.61. The van der Waals surface area contributed by atoms with Gasteiger partial charge in [0, 0.05) is 4.90 Å². The molecular formula is C17H26N2S. The van der Waals surface area contributed by atoms with Crippen LogP contribution in [0.5, 0.6) is 0 Å². The third kappa shape index (κ3) is 3.39. The summed E-state index contributed by atoms with van der Waals surface area (Å²) in [6.45, 7) is 2.37. The Morgan fingerprint density at radius 1 is 1.35 bits per heavy atom. The van der Waals surface area contributed by atoms with Crippen LogP contribution in [-0.2, 0) is 0 Å². The van der Waals surface area contributed by atoms with Gasteiger partial charge in [0.2, 0.25) is 0 Å². The molecule has 0 aliphatic heterocycles. The molecule has 0 amide bonds. The lowest BCUT2D eigenvalue weighted by molar-refractivity contribution is 0.326. The smallest absolute Gasteiger partial charge is 0.0539 e. The van der Waals surface area contributed by atoms with Crippen LogP contribution in [0.1, 0.15) is 50.6 Å². The fourth-order valence-electron chi connectivity index (χ4n) is 3.29. The Hall–Kier alpha value is -0.930. The van der Waals surface area contributed by atoms with E-state index in [0.717, 1.165) is 6.42 Å². The summed E-state index contributed by atoms with van der Waals surface area (Å²) < 4.78 is 0. The molecule has 0 bridgehead atoms. The van der Waals surface area contributed by atoms with Crippen molar-refractivity contribution in [3.63, 3.8) is 0 Å². The van der Waals surface area contributed by atoms with Crippen LogP contribution in [0.25, 0.3) is 0 Å². The standard InChI is InChI=1S/C17H26N2S/c1-17(9-5-6-10-17)11-13(12-18)16(19)14-7-3-4-8-15(14)20-2/h3-4,7-8,12,16H,5-6,9-11,18-19H2,1-2H3/b13-12-. The molecule has 0 radical (unpaired) electrons. The van der Waals surface area contributed by atoms with Gasteiger partial charge in [0.05, 0.1) is 6.04 Å².